The van der Waals surface area contributed by atoms with Crippen molar-refractivity contribution in [1.82, 2.24) is 5.32 Å². The van der Waals surface area contributed by atoms with Gasteiger partial charge in [-0.2, -0.15) is 0 Å². The summed E-state index contributed by atoms with van der Waals surface area (Å²) in [6.07, 6.45) is 6.77. The molecule has 1 rings (SSSR count). The van der Waals surface area contributed by atoms with Crippen LogP contribution in [-0.2, 0) is 11.2 Å². The molecule has 0 saturated carbocycles. The molecule has 0 fully saturated rings. The van der Waals surface area contributed by atoms with E-state index in [2.05, 4.69) is 51.8 Å². The van der Waals surface area contributed by atoms with Gasteiger partial charge in [-0.25, -0.2) is 0 Å². The van der Waals surface area contributed by atoms with Crippen molar-refractivity contribution in [2.75, 3.05) is 6.54 Å². The summed E-state index contributed by atoms with van der Waals surface area (Å²) < 4.78 is 0. The molecule has 0 aromatic heterocycles. The Kier molecular flexibility index (Phi) is 8.22. The van der Waals surface area contributed by atoms with E-state index in [0.29, 0.717) is 18.1 Å². The van der Waals surface area contributed by atoms with E-state index in [4.69, 9.17) is 0 Å². The van der Waals surface area contributed by atoms with Crippen molar-refractivity contribution >= 4 is 15.1 Å². The Bertz CT molecular complexity index is 416. The summed E-state index contributed by atoms with van der Waals surface area (Å²) in [5, 5.41) is 2.76. The number of hydrogen-bond donors (Lipinski definition) is 1. The van der Waals surface area contributed by atoms with Gasteiger partial charge in [-0.05, 0) is 49.4 Å². The number of hydrogen-bond acceptors (Lipinski definition) is 1. The third kappa shape index (κ3) is 6.86. The van der Waals surface area contributed by atoms with Gasteiger partial charge < -0.3 is 5.32 Å². The predicted octanol–water partition coefficient (Wildman–Crippen LogP) is 3.58. The maximum atomic E-state index is 11.3. The standard InChI is InChI=1S/C17H26NOP/c1-3-18-17(19)12-8-7-9-14(2)16(20)13-15-10-5-4-6-11-15/h4-6,8,10-12,14,16H,3,7,9,13,20H2,1-2H3,(H,18,19)/b12-8+. The second kappa shape index (κ2) is 9.72. The predicted molar refractivity (Wildman–Crippen MR) is 89.9 cm³/mol. The van der Waals surface area contributed by atoms with E-state index in [0.717, 1.165) is 19.3 Å². The molecule has 1 aromatic rings. The van der Waals surface area contributed by atoms with Gasteiger partial charge in [0.15, 0.2) is 0 Å². The molecule has 110 valence electrons. The minimum Gasteiger partial charge on any atom is -0.353 e. The van der Waals surface area contributed by atoms with Gasteiger partial charge in [0.1, 0.15) is 0 Å². The number of benzene rings is 1. The average Bonchev–Trinajstić information content (AvgIpc) is 2.44. The van der Waals surface area contributed by atoms with Crippen molar-refractivity contribution in [3.63, 3.8) is 0 Å². The van der Waals surface area contributed by atoms with Gasteiger partial charge in [0.05, 0.1) is 0 Å². The first kappa shape index (κ1) is 16.9. The van der Waals surface area contributed by atoms with Gasteiger partial charge in [0.2, 0.25) is 5.91 Å². The number of nitrogens with one attached hydrogen (secondary N) is 1. The number of rotatable bonds is 8. The van der Waals surface area contributed by atoms with Crippen LogP contribution < -0.4 is 5.32 Å². The quantitative estimate of drug-likeness (QED) is 0.575. The van der Waals surface area contributed by atoms with Crippen molar-refractivity contribution in [1.29, 1.82) is 0 Å². The number of likely N-dealkylation sites (N-methyl/N-ethyl adjacent to an activating group) is 1. The zero-order valence-corrected chi connectivity index (χ0v) is 13.7. The molecule has 0 aliphatic rings. The summed E-state index contributed by atoms with van der Waals surface area (Å²) in [5.41, 5.74) is 1.97. The van der Waals surface area contributed by atoms with Crippen LogP contribution in [0.5, 0.6) is 0 Å². The van der Waals surface area contributed by atoms with Crippen LogP contribution in [0.4, 0.5) is 0 Å². The van der Waals surface area contributed by atoms with Crippen LogP contribution in [0.15, 0.2) is 42.5 Å². The zero-order chi connectivity index (χ0) is 14.8. The van der Waals surface area contributed by atoms with Crippen LogP contribution in [0.3, 0.4) is 0 Å². The van der Waals surface area contributed by atoms with E-state index in [1.807, 2.05) is 13.0 Å². The number of amides is 1. The third-order valence-corrected chi connectivity index (χ3v) is 4.35. The summed E-state index contributed by atoms with van der Waals surface area (Å²) in [6, 6.07) is 10.6. The highest BCUT2D eigenvalue weighted by atomic mass is 31.0. The normalized spacial score (nSPS) is 14.2. The van der Waals surface area contributed by atoms with Gasteiger partial charge in [-0.15, -0.1) is 9.24 Å². The van der Waals surface area contributed by atoms with Gasteiger partial charge in [0.25, 0.3) is 0 Å². The summed E-state index contributed by atoms with van der Waals surface area (Å²) >= 11 is 0. The molecule has 0 aliphatic heterocycles. The minimum atomic E-state index is 0.00635. The molecule has 2 nitrogen and oxygen atoms in total. The monoisotopic (exact) mass is 291 g/mol. The van der Waals surface area contributed by atoms with Crippen LogP contribution in [0.1, 0.15) is 32.3 Å². The summed E-state index contributed by atoms with van der Waals surface area (Å²) in [4.78, 5) is 11.3. The first-order valence-corrected chi connectivity index (χ1v) is 8.04. The van der Waals surface area contributed by atoms with E-state index < -0.39 is 0 Å². The molecular weight excluding hydrogens is 265 g/mol. The maximum Gasteiger partial charge on any atom is 0.243 e. The molecule has 1 aromatic carbocycles. The maximum absolute atomic E-state index is 11.3. The molecule has 1 N–H and O–H groups in total. The van der Waals surface area contributed by atoms with E-state index >= 15 is 0 Å². The lowest BCUT2D eigenvalue weighted by Gasteiger charge is -2.19. The second-order valence-electron chi connectivity index (χ2n) is 5.21. The first-order valence-electron chi connectivity index (χ1n) is 7.37. The lowest BCUT2D eigenvalue weighted by atomic mass is 9.96. The molecule has 0 heterocycles. The smallest absolute Gasteiger partial charge is 0.243 e. The average molecular weight is 291 g/mol. The van der Waals surface area contributed by atoms with E-state index in [1.54, 1.807) is 6.08 Å². The summed E-state index contributed by atoms with van der Waals surface area (Å²) in [5.74, 6) is 0.631. The van der Waals surface area contributed by atoms with Crippen LogP contribution in [-0.4, -0.2) is 18.1 Å². The largest absolute Gasteiger partial charge is 0.353 e. The van der Waals surface area contributed by atoms with E-state index in [9.17, 15) is 4.79 Å². The van der Waals surface area contributed by atoms with E-state index in [-0.39, 0.29) is 5.91 Å². The molecule has 0 bridgehead atoms. The molecule has 3 heteroatoms. The van der Waals surface area contributed by atoms with Gasteiger partial charge >= 0.3 is 0 Å². The molecule has 3 atom stereocenters. The highest BCUT2D eigenvalue weighted by Crippen LogP contribution is 2.22. The molecule has 1 amide bonds. The summed E-state index contributed by atoms with van der Waals surface area (Å²) in [7, 11) is 2.96. The van der Waals surface area contributed by atoms with E-state index in [1.165, 1.54) is 5.56 Å². The van der Waals surface area contributed by atoms with Crippen molar-refractivity contribution in [2.45, 2.75) is 38.8 Å². The summed E-state index contributed by atoms with van der Waals surface area (Å²) in [6.45, 7) is 4.89. The number of allylic oxidation sites excluding steroid dienone is 1. The molecule has 0 radical (unpaired) electrons. The van der Waals surface area contributed by atoms with Crippen LogP contribution in [0.25, 0.3) is 0 Å². The van der Waals surface area contributed by atoms with Crippen molar-refractivity contribution < 1.29 is 4.79 Å². The lowest BCUT2D eigenvalue weighted by Crippen LogP contribution is -2.19. The topological polar surface area (TPSA) is 29.1 Å². The Morgan fingerprint density at radius 1 is 1.35 bits per heavy atom. The van der Waals surface area contributed by atoms with Crippen LogP contribution in [0, 0.1) is 5.92 Å². The Morgan fingerprint density at radius 2 is 2.05 bits per heavy atom. The Hall–Kier alpha value is -1.14. The molecule has 20 heavy (non-hydrogen) atoms. The highest BCUT2D eigenvalue weighted by Gasteiger charge is 2.12. The third-order valence-electron chi connectivity index (χ3n) is 3.45. The fraction of sp³-hybridized carbons (Fsp3) is 0.471. The van der Waals surface area contributed by atoms with Gasteiger partial charge in [-0.1, -0.05) is 43.3 Å². The Balaban J connectivity index is 2.28. The molecule has 0 saturated heterocycles. The Morgan fingerprint density at radius 3 is 2.70 bits per heavy atom. The molecule has 3 unspecified atom stereocenters. The van der Waals surface area contributed by atoms with Crippen molar-refractivity contribution in [3.8, 4) is 0 Å². The molecular formula is C17H26NOP. The Labute approximate surface area is 125 Å². The minimum absolute atomic E-state index is 0.00635. The van der Waals surface area contributed by atoms with Crippen LogP contribution in [0.2, 0.25) is 0 Å². The van der Waals surface area contributed by atoms with Gasteiger partial charge in [-0.3, -0.25) is 4.79 Å². The van der Waals surface area contributed by atoms with Gasteiger partial charge in [0, 0.05) is 6.54 Å². The van der Waals surface area contributed by atoms with Crippen molar-refractivity contribution in [3.05, 3.63) is 48.0 Å². The number of carbonyl (C=O) groups excluding carboxylic acids is 1. The lowest BCUT2D eigenvalue weighted by molar-refractivity contribution is -0.116. The van der Waals surface area contributed by atoms with Crippen LogP contribution >= 0.6 is 9.24 Å². The molecule has 0 spiro atoms. The first-order chi connectivity index (χ1) is 9.63. The molecule has 0 aliphatic carbocycles. The second-order valence-corrected chi connectivity index (χ2v) is 6.06. The number of carbonyl (C=O) groups is 1. The fourth-order valence-corrected chi connectivity index (χ4v) is 2.55. The zero-order valence-electron chi connectivity index (χ0n) is 12.5. The SMILES string of the molecule is CCNC(=O)/C=C/CCC(C)C(P)Cc1ccccc1. The highest BCUT2D eigenvalue weighted by molar-refractivity contribution is 7.17. The fourth-order valence-electron chi connectivity index (χ4n) is 2.08. The van der Waals surface area contributed by atoms with Crippen molar-refractivity contribution in [2.24, 2.45) is 5.92 Å².